The quantitative estimate of drug-likeness (QED) is 0.524. The van der Waals surface area contributed by atoms with E-state index in [0.29, 0.717) is 0 Å². The van der Waals surface area contributed by atoms with Crippen LogP contribution in [0.25, 0.3) is 21.9 Å². The topological polar surface area (TPSA) is 73.8 Å². The zero-order valence-electron chi connectivity index (χ0n) is 12.0. The lowest BCUT2D eigenvalue weighted by Gasteiger charge is -2.11. The lowest BCUT2D eigenvalue weighted by molar-refractivity contribution is 0.471. The van der Waals surface area contributed by atoms with Gasteiger partial charge in [0.1, 0.15) is 12.1 Å². The molecule has 0 spiro atoms. The number of aromatic amines is 1. The van der Waals surface area contributed by atoms with Gasteiger partial charge >= 0.3 is 0 Å². The van der Waals surface area contributed by atoms with Gasteiger partial charge in [-0.3, -0.25) is 0 Å². The van der Waals surface area contributed by atoms with Crippen LogP contribution >= 0.6 is 0 Å². The summed E-state index contributed by atoms with van der Waals surface area (Å²) >= 11 is 0. The van der Waals surface area contributed by atoms with Crippen LogP contribution in [0.1, 0.15) is 5.56 Å². The molecule has 0 aliphatic heterocycles. The third-order valence-corrected chi connectivity index (χ3v) is 3.78. The predicted octanol–water partition coefficient (Wildman–Crippen LogP) is 3.87. The van der Waals surface area contributed by atoms with Gasteiger partial charge < -0.3 is 15.4 Å². The summed E-state index contributed by atoms with van der Waals surface area (Å²) in [6, 6.07) is 11.5. The smallest absolute Gasteiger partial charge is 0.120 e. The lowest BCUT2D eigenvalue weighted by atomic mass is 10.1. The van der Waals surface area contributed by atoms with Gasteiger partial charge in [0, 0.05) is 34.5 Å². The number of aryl methyl sites for hydroxylation is 1. The second-order valence-corrected chi connectivity index (χ2v) is 5.28. The highest BCUT2D eigenvalue weighted by Gasteiger charge is 2.06. The van der Waals surface area contributed by atoms with Crippen LogP contribution in [0.15, 0.2) is 48.9 Å². The first-order chi connectivity index (χ1) is 10.7. The molecule has 2 aromatic heterocycles. The average molecular weight is 290 g/mol. The number of anilines is 2. The van der Waals surface area contributed by atoms with Gasteiger partial charge in [-0.2, -0.15) is 0 Å². The van der Waals surface area contributed by atoms with Crippen molar-refractivity contribution in [3.8, 4) is 5.75 Å². The van der Waals surface area contributed by atoms with Crippen molar-refractivity contribution < 1.29 is 5.11 Å². The van der Waals surface area contributed by atoms with Crippen molar-refractivity contribution in [2.24, 2.45) is 0 Å². The van der Waals surface area contributed by atoms with Gasteiger partial charge in [-0.15, -0.1) is 0 Å². The van der Waals surface area contributed by atoms with Crippen molar-refractivity contribution in [2.75, 3.05) is 5.32 Å². The van der Waals surface area contributed by atoms with Crippen molar-refractivity contribution in [2.45, 2.75) is 6.92 Å². The molecule has 0 aliphatic rings. The molecule has 0 fully saturated rings. The zero-order chi connectivity index (χ0) is 15.1. The summed E-state index contributed by atoms with van der Waals surface area (Å²) in [6.45, 7) is 1.87. The lowest BCUT2D eigenvalue weighted by Crippen LogP contribution is -1.93. The highest BCUT2D eigenvalue weighted by molar-refractivity contribution is 6.00. The fraction of sp³-hybridized carbons (Fsp3) is 0.0588. The van der Waals surface area contributed by atoms with Gasteiger partial charge in [0.25, 0.3) is 0 Å². The third kappa shape index (κ3) is 2.03. The molecule has 0 saturated heterocycles. The molecule has 22 heavy (non-hydrogen) atoms. The van der Waals surface area contributed by atoms with Crippen molar-refractivity contribution >= 4 is 33.3 Å². The Balaban J connectivity index is 1.84. The van der Waals surface area contributed by atoms with Gasteiger partial charge in [0.15, 0.2) is 0 Å². The molecule has 108 valence electrons. The van der Waals surface area contributed by atoms with E-state index in [2.05, 4.69) is 20.3 Å². The maximum Gasteiger partial charge on any atom is 0.120 e. The van der Waals surface area contributed by atoms with E-state index in [1.54, 1.807) is 12.4 Å². The third-order valence-electron chi connectivity index (χ3n) is 3.78. The van der Waals surface area contributed by atoms with E-state index >= 15 is 0 Å². The summed E-state index contributed by atoms with van der Waals surface area (Å²) in [7, 11) is 0. The molecule has 0 amide bonds. The van der Waals surface area contributed by atoms with E-state index in [9.17, 15) is 5.11 Å². The summed E-state index contributed by atoms with van der Waals surface area (Å²) in [5, 5.41) is 14.2. The number of phenolic OH excluding ortho intramolecular Hbond substituents is 1. The number of imidazole rings is 1. The number of nitrogens with zero attached hydrogens (tertiary/aromatic N) is 2. The number of rotatable bonds is 2. The average Bonchev–Trinajstić information content (AvgIpc) is 2.96. The molecule has 2 aromatic carbocycles. The second-order valence-electron chi connectivity index (χ2n) is 5.28. The number of nitrogens with one attached hydrogen (secondary N) is 2. The van der Waals surface area contributed by atoms with Crippen LogP contribution in [0.5, 0.6) is 5.75 Å². The number of benzene rings is 2. The van der Waals surface area contributed by atoms with Crippen LogP contribution in [0.2, 0.25) is 0 Å². The Bertz CT molecular complexity index is 990. The maximum absolute atomic E-state index is 9.84. The van der Waals surface area contributed by atoms with E-state index in [-0.39, 0.29) is 5.75 Å². The molecule has 0 saturated carbocycles. The molecule has 0 radical (unpaired) electrons. The summed E-state index contributed by atoms with van der Waals surface area (Å²) in [5.74, 6) is 0.279. The number of H-pyrrole nitrogens is 1. The Morgan fingerprint density at radius 2 is 1.86 bits per heavy atom. The van der Waals surface area contributed by atoms with Gasteiger partial charge in [0.2, 0.25) is 0 Å². The fourth-order valence-corrected chi connectivity index (χ4v) is 2.54. The fourth-order valence-electron chi connectivity index (χ4n) is 2.54. The first-order valence-corrected chi connectivity index (χ1v) is 6.99. The number of pyridine rings is 1. The Morgan fingerprint density at radius 1 is 1.05 bits per heavy atom. The van der Waals surface area contributed by atoms with Crippen LogP contribution in [0, 0.1) is 6.92 Å². The second kappa shape index (κ2) is 4.73. The van der Waals surface area contributed by atoms with Crippen LogP contribution in [-0.4, -0.2) is 20.1 Å². The van der Waals surface area contributed by atoms with Gasteiger partial charge in [0.05, 0.1) is 11.0 Å². The molecule has 0 atom stereocenters. The molecular formula is C17H14N4O. The minimum atomic E-state index is 0.279. The molecule has 0 aliphatic carbocycles. The zero-order valence-corrected chi connectivity index (χ0v) is 12.0. The number of hydrogen-bond acceptors (Lipinski definition) is 4. The van der Waals surface area contributed by atoms with Crippen molar-refractivity contribution in [1.82, 2.24) is 15.0 Å². The molecule has 0 unspecified atom stereocenters. The van der Waals surface area contributed by atoms with Gasteiger partial charge in [-0.25, -0.2) is 9.97 Å². The Morgan fingerprint density at radius 3 is 2.68 bits per heavy atom. The number of aromatic hydroxyl groups is 1. The molecule has 4 aromatic rings. The van der Waals surface area contributed by atoms with Crippen LogP contribution in [0.3, 0.4) is 0 Å². The van der Waals surface area contributed by atoms with Crippen LogP contribution < -0.4 is 5.32 Å². The van der Waals surface area contributed by atoms with Crippen molar-refractivity contribution in [3.63, 3.8) is 0 Å². The van der Waals surface area contributed by atoms with E-state index < -0.39 is 0 Å². The van der Waals surface area contributed by atoms with Crippen molar-refractivity contribution in [1.29, 1.82) is 0 Å². The summed E-state index contributed by atoms with van der Waals surface area (Å²) in [4.78, 5) is 11.7. The first kappa shape index (κ1) is 12.6. The van der Waals surface area contributed by atoms with E-state index in [1.807, 2.05) is 43.5 Å². The molecule has 5 nitrogen and oxygen atoms in total. The number of hydrogen-bond donors (Lipinski definition) is 3. The highest BCUT2D eigenvalue weighted by Crippen LogP contribution is 2.29. The maximum atomic E-state index is 9.84. The number of aromatic nitrogens is 3. The minimum absolute atomic E-state index is 0.279. The molecule has 0 bridgehead atoms. The van der Waals surface area contributed by atoms with E-state index in [4.69, 9.17) is 0 Å². The molecule has 4 rings (SSSR count). The van der Waals surface area contributed by atoms with E-state index in [0.717, 1.165) is 38.9 Å². The van der Waals surface area contributed by atoms with Gasteiger partial charge in [-0.05, 0) is 36.8 Å². The summed E-state index contributed by atoms with van der Waals surface area (Å²) < 4.78 is 0. The molecule has 5 heteroatoms. The van der Waals surface area contributed by atoms with Crippen molar-refractivity contribution in [3.05, 3.63) is 54.5 Å². The first-order valence-electron chi connectivity index (χ1n) is 6.99. The predicted molar refractivity (Wildman–Crippen MR) is 87.5 cm³/mol. The number of phenols is 1. The Hall–Kier alpha value is -3.08. The number of fused-ring (bicyclic) bond motifs is 2. The standard InChI is InChI=1S/C17H14N4O/c1-10-2-3-11(6-17(10)22)21-13-4-5-18-14-8-16-15(7-12(13)14)19-9-20-16/h2-9,18,21-22H,1H3. The molecule has 3 N–H and O–H groups in total. The molecular weight excluding hydrogens is 276 g/mol. The summed E-state index contributed by atoms with van der Waals surface area (Å²) in [6.07, 6.45) is 3.44. The Kier molecular flexibility index (Phi) is 2.72. The van der Waals surface area contributed by atoms with Crippen LogP contribution in [0.4, 0.5) is 11.4 Å². The van der Waals surface area contributed by atoms with Gasteiger partial charge in [-0.1, -0.05) is 6.07 Å². The normalized spacial score (nSPS) is 11.1. The minimum Gasteiger partial charge on any atom is -0.508 e. The SMILES string of the molecule is Cc1ccc(Nc2cc[nH]c3cc4ncnc4cc23)cc1O. The van der Waals surface area contributed by atoms with E-state index in [1.165, 1.54) is 0 Å². The van der Waals surface area contributed by atoms with Crippen LogP contribution in [-0.2, 0) is 0 Å². The monoisotopic (exact) mass is 290 g/mol. The largest absolute Gasteiger partial charge is 0.508 e. The molecule has 2 heterocycles. The Labute approximate surface area is 126 Å². The highest BCUT2D eigenvalue weighted by atomic mass is 16.3. The summed E-state index contributed by atoms with van der Waals surface area (Å²) in [5.41, 5.74) is 5.35.